The van der Waals surface area contributed by atoms with Crippen molar-refractivity contribution in [3.05, 3.63) is 46.3 Å². The summed E-state index contributed by atoms with van der Waals surface area (Å²) in [4.78, 5) is 26.9. The van der Waals surface area contributed by atoms with Crippen molar-refractivity contribution in [3.8, 4) is 0 Å². The lowest BCUT2D eigenvalue weighted by atomic mass is 9.96. The molecule has 8 heteroatoms. The van der Waals surface area contributed by atoms with Crippen molar-refractivity contribution in [1.29, 1.82) is 0 Å². The van der Waals surface area contributed by atoms with E-state index in [1.165, 1.54) is 4.68 Å². The summed E-state index contributed by atoms with van der Waals surface area (Å²) in [6.07, 6.45) is 1.76. The van der Waals surface area contributed by atoms with Crippen molar-refractivity contribution < 1.29 is 9.32 Å². The molecule has 0 saturated carbocycles. The first-order valence-electron chi connectivity index (χ1n) is 8.87. The molecule has 26 heavy (non-hydrogen) atoms. The maximum absolute atomic E-state index is 13.0. The number of hydrogen-bond donors (Lipinski definition) is 0. The summed E-state index contributed by atoms with van der Waals surface area (Å²) in [6.45, 7) is 3.68. The average Bonchev–Trinajstić information content (AvgIpc) is 3.22. The molecule has 0 spiro atoms. The molecular formula is C18H21N5O3. The molecule has 136 valence electrons. The zero-order valence-corrected chi connectivity index (χ0v) is 14.9. The van der Waals surface area contributed by atoms with E-state index in [1.54, 1.807) is 16.5 Å². The number of nitrogens with zero attached hydrogens (tertiary/aromatic N) is 5. The van der Waals surface area contributed by atoms with Gasteiger partial charge in [-0.15, -0.1) is 0 Å². The molecule has 3 heterocycles. The van der Waals surface area contributed by atoms with Crippen LogP contribution in [0.1, 0.15) is 42.1 Å². The quantitative estimate of drug-likeness (QED) is 0.715. The van der Waals surface area contributed by atoms with Crippen molar-refractivity contribution in [2.24, 2.45) is 7.05 Å². The van der Waals surface area contributed by atoms with Gasteiger partial charge in [-0.25, -0.2) is 9.48 Å². The van der Waals surface area contributed by atoms with Crippen LogP contribution in [0, 0.1) is 0 Å². The smallest absolute Gasteiger partial charge is 0.345 e. The average molecular weight is 355 g/mol. The molecule has 0 N–H and O–H groups in total. The van der Waals surface area contributed by atoms with Gasteiger partial charge in [-0.05, 0) is 31.9 Å². The third kappa shape index (κ3) is 2.61. The van der Waals surface area contributed by atoms with Gasteiger partial charge < -0.3 is 9.42 Å². The van der Waals surface area contributed by atoms with Gasteiger partial charge in [0.2, 0.25) is 5.76 Å². The van der Waals surface area contributed by atoms with Crippen LogP contribution in [0.5, 0.6) is 0 Å². The normalized spacial score (nSPS) is 17.8. The van der Waals surface area contributed by atoms with Crippen LogP contribution in [0.15, 0.2) is 33.6 Å². The maximum Gasteiger partial charge on any atom is 0.345 e. The molecule has 1 aromatic carbocycles. The highest BCUT2D eigenvalue weighted by Gasteiger charge is 2.31. The zero-order valence-electron chi connectivity index (χ0n) is 14.9. The van der Waals surface area contributed by atoms with E-state index in [-0.39, 0.29) is 23.3 Å². The summed E-state index contributed by atoms with van der Waals surface area (Å²) in [7, 11) is 1.66. The number of aromatic nitrogens is 4. The Morgan fingerprint density at radius 2 is 2.15 bits per heavy atom. The van der Waals surface area contributed by atoms with Crippen LogP contribution in [-0.2, 0) is 13.6 Å². The number of likely N-dealkylation sites (tertiary alicyclic amines) is 1. The molecule has 1 fully saturated rings. The molecule has 1 saturated heterocycles. The number of carbonyl (C=O) groups is 1. The first kappa shape index (κ1) is 16.6. The topological polar surface area (TPSA) is 86.2 Å². The van der Waals surface area contributed by atoms with Crippen LogP contribution >= 0.6 is 0 Å². The van der Waals surface area contributed by atoms with Gasteiger partial charge in [0.1, 0.15) is 11.3 Å². The lowest BCUT2D eigenvalue weighted by Gasteiger charge is -2.31. The zero-order chi connectivity index (χ0) is 18.3. The SMILES string of the molecule is CCn1c([C@@H]2CCCN(C(=O)c3onc4ccccc34)C2)nn(C)c1=O. The van der Waals surface area contributed by atoms with Crippen LogP contribution in [0.2, 0.25) is 0 Å². The van der Waals surface area contributed by atoms with Gasteiger partial charge in [0.15, 0.2) is 0 Å². The van der Waals surface area contributed by atoms with Crippen LogP contribution in [0.3, 0.4) is 0 Å². The molecule has 4 rings (SSSR count). The number of aryl methyl sites for hydroxylation is 1. The molecule has 1 atom stereocenters. The molecular weight excluding hydrogens is 334 g/mol. The van der Waals surface area contributed by atoms with E-state index in [0.717, 1.165) is 24.1 Å². The van der Waals surface area contributed by atoms with E-state index in [1.807, 2.05) is 31.2 Å². The van der Waals surface area contributed by atoms with Gasteiger partial charge in [-0.3, -0.25) is 9.36 Å². The highest BCUT2D eigenvalue weighted by Crippen LogP contribution is 2.27. The van der Waals surface area contributed by atoms with Crippen molar-refractivity contribution in [2.75, 3.05) is 13.1 Å². The number of carbonyl (C=O) groups excluding carboxylic acids is 1. The fraction of sp³-hybridized carbons (Fsp3) is 0.444. The van der Waals surface area contributed by atoms with Crippen LogP contribution < -0.4 is 5.69 Å². The van der Waals surface area contributed by atoms with Crippen LogP contribution in [-0.4, -0.2) is 43.4 Å². The number of benzene rings is 1. The van der Waals surface area contributed by atoms with E-state index in [9.17, 15) is 9.59 Å². The maximum atomic E-state index is 13.0. The molecule has 0 unspecified atom stereocenters. The highest BCUT2D eigenvalue weighted by atomic mass is 16.5. The summed E-state index contributed by atoms with van der Waals surface area (Å²) < 4.78 is 8.37. The standard InChI is InChI=1S/C18H21N5O3/c1-3-23-16(19-21(2)18(23)25)12-7-6-10-22(11-12)17(24)15-13-8-4-5-9-14(13)20-26-15/h4-5,8-9,12H,3,6-7,10-11H2,1-2H3/t12-/m1/s1. The second-order valence-corrected chi connectivity index (χ2v) is 6.63. The summed E-state index contributed by atoms with van der Waals surface area (Å²) in [6, 6.07) is 7.39. The van der Waals surface area contributed by atoms with Crippen LogP contribution in [0.25, 0.3) is 10.9 Å². The predicted molar refractivity (Wildman–Crippen MR) is 95.0 cm³/mol. The predicted octanol–water partition coefficient (Wildman–Crippen LogP) is 1.76. The summed E-state index contributed by atoms with van der Waals surface area (Å²) in [5.41, 5.74) is 0.557. The number of piperidine rings is 1. The monoisotopic (exact) mass is 355 g/mol. The number of fused-ring (bicyclic) bond motifs is 1. The summed E-state index contributed by atoms with van der Waals surface area (Å²) in [5, 5.41) is 9.10. The Balaban J connectivity index is 1.62. The van der Waals surface area contributed by atoms with E-state index in [2.05, 4.69) is 10.3 Å². The molecule has 1 aliphatic heterocycles. The van der Waals surface area contributed by atoms with E-state index >= 15 is 0 Å². The molecule has 2 aromatic heterocycles. The van der Waals surface area contributed by atoms with Crippen molar-refractivity contribution >= 4 is 16.8 Å². The molecule has 8 nitrogen and oxygen atoms in total. The first-order valence-corrected chi connectivity index (χ1v) is 8.87. The Labute approximate surface area is 150 Å². The number of rotatable bonds is 3. The number of amides is 1. The summed E-state index contributed by atoms with van der Waals surface area (Å²) >= 11 is 0. The Hall–Kier alpha value is -2.90. The fourth-order valence-corrected chi connectivity index (χ4v) is 3.68. The van der Waals surface area contributed by atoms with Gasteiger partial charge in [0.05, 0.1) is 5.39 Å². The lowest BCUT2D eigenvalue weighted by Crippen LogP contribution is -2.40. The molecule has 0 bridgehead atoms. The minimum absolute atomic E-state index is 0.0377. The van der Waals surface area contributed by atoms with Gasteiger partial charge in [-0.2, -0.15) is 5.10 Å². The molecule has 1 aliphatic rings. The molecule has 0 aliphatic carbocycles. The Morgan fingerprint density at radius 3 is 2.96 bits per heavy atom. The Morgan fingerprint density at radius 1 is 1.35 bits per heavy atom. The second-order valence-electron chi connectivity index (χ2n) is 6.63. The van der Waals surface area contributed by atoms with Crippen molar-refractivity contribution in [2.45, 2.75) is 32.2 Å². The fourth-order valence-electron chi connectivity index (χ4n) is 3.68. The van der Waals surface area contributed by atoms with Gasteiger partial charge in [0.25, 0.3) is 5.91 Å². The highest BCUT2D eigenvalue weighted by molar-refractivity contribution is 6.03. The van der Waals surface area contributed by atoms with Crippen LogP contribution in [0.4, 0.5) is 0 Å². The van der Waals surface area contributed by atoms with Gasteiger partial charge in [-0.1, -0.05) is 17.3 Å². The van der Waals surface area contributed by atoms with E-state index in [4.69, 9.17) is 4.52 Å². The lowest BCUT2D eigenvalue weighted by molar-refractivity contribution is 0.0664. The number of hydrogen-bond acceptors (Lipinski definition) is 5. The molecule has 3 aromatic rings. The molecule has 1 amide bonds. The summed E-state index contributed by atoms with van der Waals surface area (Å²) in [5.74, 6) is 0.899. The third-order valence-electron chi connectivity index (χ3n) is 5.00. The van der Waals surface area contributed by atoms with Gasteiger partial charge in [0, 0.05) is 32.6 Å². The minimum Gasteiger partial charge on any atom is -0.350 e. The third-order valence-corrected chi connectivity index (χ3v) is 5.00. The Bertz CT molecular complexity index is 1020. The van der Waals surface area contributed by atoms with E-state index in [0.29, 0.717) is 25.2 Å². The first-order chi connectivity index (χ1) is 12.6. The second kappa shape index (κ2) is 6.44. The minimum atomic E-state index is -0.162. The van der Waals surface area contributed by atoms with E-state index < -0.39 is 0 Å². The Kier molecular flexibility index (Phi) is 4.10. The molecule has 0 radical (unpaired) electrons. The van der Waals surface area contributed by atoms with Gasteiger partial charge >= 0.3 is 5.69 Å². The van der Waals surface area contributed by atoms with Crippen molar-refractivity contribution in [3.63, 3.8) is 0 Å². The largest absolute Gasteiger partial charge is 0.350 e. The van der Waals surface area contributed by atoms with Crippen molar-refractivity contribution in [1.82, 2.24) is 24.4 Å².